The van der Waals surface area contributed by atoms with E-state index in [1.165, 1.54) is 49.3 Å². The van der Waals surface area contributed by atoms with Crippen LogP contribution in [0.1, 0.15) is 39.8 Å². The molecule has 236 valence electrons. The fourth-order valence-corrected chi connectivity index (χ4v) is 6.67. The molecule has 6 rings (SSSR count). The number of benzene rings is 3. The van der Waals surface area contributed by atoms with Gasteiger partial charge in [-0.05, 0) is 79.1 Å². The lowest BCUT2D eigenvalue weighted by molar-refractivity contribution is -0.126. The summed E-state index contributed by atoms with van der Waals surface area (Å²) >= 11 is 1.26. The van der Waals surface area contributed by atoms with Gasteiger partial charge in [-0.25, -0.2) is 9.38 Å². The number of furan rings is 1. The van der Waals surface area contributed by atoms with E-state index in [0.29, 0.717) is 64.3 Å². The summed E-state index contributed by atoms with van der Waals surface area (Å²) < 4.78 is 29.9. The molecule has 1 aromatic heterocycles. The summed E-state index contributed by atoms with van der Waals surface area (Å²) in [5.41, 5.74) is 2.05. The zero-order valence-corrected chi connectivity index (χ0v) is 26.0. The van der Waals surface area contributed by atoms with Crippen molar-refractivity contribution in [3.63, 3.8) is 0 Å². The van der Waals surface area contributed by atoms with Crippen LogP contribution in [0.3, 0.4) is 0 Å². The zero-order valence-electron chi connectivity index (χ0n) is 25.1. The molecular weight excluding hydrogens is 611 g/mol. The first-order valence-corrected chi connectivity index (χ1v) is 15.5. The highest BCUT2D eigenvalue weighted by atomic mass is 32.2. The van der Waals surface area contributed by atoms with E-state index in [4.69, 9.17) is 13.9 Å². The molecule has 3 heterocycles. The first-order valence-electron chi connectivity index (χ1n) is 14.6. The van der Waals surface area contributed by atoms with Gasteiger partial charge in [-0.2, -0.15) is 0 Å². The van der Waals surface area contributed by atoms with Gasteiger partial charge in [0.1, 0.15) is 22.9 Å². The van der Waals surface area contributed by atoms with Crippen molar-refractivity contribution in [1.82, 2.24) is 9.80 Å². The van der Waals surface area contributed by atoms with Crippen LogP contribution in [0, 0.1) is 5.82 Å². The second-order valence-corrected chi connectivity index (χ2v) is 11.8. The second kappa shape index (κ2) is 13.5. The smallest absolute Gasteiger partial charge is 0.254 e. The topological polar surface area (TPSA) is 114 Å². The summed E-state index contributed by atoms with van der Waals surface area (Å²) in [5, 5.41) is 2.75. The summed E-state index contributed by atoms with van der Waals surface area (Å²) in [7, 11) is 3.02. The van der Waals surface area contributed by atoms with Crippen molar-refractivity contribution < 1.29 is 32.7 Å². The number of amidine groups is 1. The lowest BCUT2D eigenvalue weighted by Gasteiger charge is -2.24. The number of ether oxygens (including phenoxy) is 2. The molecule has 1 unspecified atom stereocenters. The Hall–Kier alpha value is -5.10. The van der Waals surface area contributed by atoms with Gasteiger partial charge in [-0.3, -0.25) is 19.3 Å². The molecule has 0 radical (unpaired) electrons. The quantitative estimate of drug-likeness (QED) is 0.232. The van der Waals surface area contributed by atoms with E-state index in [0.717, 1.165) is 0 Å². The molecule has 2 fully saturated rings. The van der Waals surface area contributed by atoms with Crippen LogP contribution in [-0.4, -0.2) is 59.5 Å². The summed E-state index contributed by atoms with van der Waals surface area (Å²) in [6.45, 7) is 0.636. The van der Waals surface area contributed by atoms with Gasteiger partial charge in [0.2, 0.25) is 11.8 Å². The molecule has 4 aromatic rings. The molecule has 0 bridgehead atoms. The molecule has 3 aromatic carbocycles. The fourth-order valence-electron chi connectivity index (χ4n) is 5.50. The van der Waals surface area contributed by atoms with Gasteiger partial charge in [0.15, 0.2) is 16.7 Å². The Bertz CT molecular complexity index is 1780. The first-order chi connectivity index (χ1) is 22.3. The van der Waals surface area contributed by atoms with Crippen molar-refractivity contribution in [3.05, 3.63) is 108 Å². The third-order valence-electron chi connectivity index (χ3n) is 7.80. The molecule has 2 aliphatic heterocycles. The number of amides is 3. The number of likely N-dealkylation sites (tertiary alicyclic amines) is 1. The molecule has 2 atom stereocenters. The largest absolute Gasteiger partial charge is 0.493 e. The van der Waals surface area contributed by atoms with Gasteiger partial charge in [-0.1, -0.05) is 30.0 Å². The summed E-state index contributed by atoms with van der Waals surface area (Å²) in [6, 6.07) is 20.7. The van der Waals surface area contributed by atoms with Gasteiger partial charge in [0.25, 0.3) is 5.91 Å². The minimum Gasteiger partial charge on any atom is -0.493 e. The maximum atomic E-state index is 13.9. The lowest BCUT2D eigenvalue weighted by Crippen LogP contribution is -2.43. The molecule has 10 nitrogen and oxygen atoms in total. The Labute approximate surface area is 269 Å². The monoisotopic (exact) mass is 642 g/mol. The lowest BCUT2D eigenvalue weighted by atomic mass is 10.1. The third kappa shape index (κ3) is 6.47. The zero-order chi connectivity index (χ0) is 32.2. The molecule has 0 spiro atoms. The fraction of sp³-hybridized carbons (Fsp3) is 0.235. The molecule has 2 aliphatic rings. The Morgan fingerprint density at radius 2 is 1.83 bits per heavy atom. The Morgan fingerprint density at radius 1 is 1.02 bits per heavy atom. The number of carbonyl (C=O) groups is 3. The van der Waals surface area contributed by atoms with Crippen LogP contribution in [-0.2, 0) is 16.1 Å². The average Bonchev–Trinajstić information content (AvgIpc) is 3.83. The molecule has 3 amide bonds. The second-order valence-electron chi connectivity index (χ2n) is 10.7. The van der Waals surface area contributed by atoms with Crippen LogP contribution in [0.2, 0.25) is 0 Å². The summed E-state index contributed by atoms with van der Waals surface area (Å²) in [4.78, 5) is 48.0. The highest BCUT2D eigenvalue weighted by Gasteiger charge is 2.40. The van der Waals surface area contributed by atoms with Crippen molar-refractivity contribution in [2.24, 2.45) is 4.99 Å². The maximum Gasteiger partial charge on any atom is 0.254 e. The van der Waals surface area contributed by atoms with E-state index in [1.807, 2.05) is 0 Å². The number of nitrogens with one attached hydrogen (secondary N) is 1. The highest BCUT2D eigenvalue weighted by molar-refractivity contribution is 8.15. The predicted octanol–water partition coefficient (Wildman–Crippen LogP) is 6.18. The molecule has 0 aliphatic carbocycles. The molecule has 0 saturated carbocycles. The van der Waals surface area contributed by atoms with Crippen LogP contribution in [0.5, 0.6) is 11.5 Å². The number of methoxy groups -OCH3 is 2. The minimum absolute atomic E-state index is 0.178. The Kier molecular flexibility index (Phi) is 9.06. The maximum absolute atomic E-state index is 13.9. The number of hydrogen-bond acceptors (Lipinski definition) is 8. The van der Waals surface area contributed by atoms with Gasteiger partial charge < -0.3 is 24.1 Å². The Morgan fingerprint density at radius 3 is 2.54 bits per heavy atom. The van der Waals surface area contributed by atoms with E-state index in [2.05, 4.69) is 10.3 Å². The van der Waals surface area contributed by atoms with Crippen LogP contribution >= 0.6 is 11.8 Å². The number of thioether (sulfide) groups is 1. The number of nitrogens with zero attached hydrogens (tertiary/aromatic N) is 3. The summed E-state index contributed by atoms with van der Waals surface area (Å²) in [6.07, 6.45) is 2.77. The van der Waals surface area contributed by atoms with Crippen LogP contribution in [0.15, 0.2) is 94.5 Å². The molecule has 1 N–H and O–H groups in total. The van der Waals surface area contributed by atoms with E-state index in [1.54, 1.807) is 71.6 Å². The number of anilines is 1. The first kappa shape index (κ1) is 30.9. The predicted molar refractivity (Wildman–Crippen MR) is 172 cm³/mol. The molecule has 46 heavy (non-hydrogen) atoms. The average molecular weight is 643 g/mol. The third-order valence-corrected chi connectivity index (χ3v) is 9.03. The van der Waals surface area contributed by atoms with Gasteiger partial charge in [0.05, 0.1) is 32.7 Å². The van der Waals surface area contributed by atoms with Crippen molar-refractivity contribution in [2.75, 3.05) is 26.1 Å². The van der Waals surface area contributed by atoms with E-state index >= 15 is 0 Å². The van der Waals surface area contributed by atoms with Crippen LogP contribution in [0.4, 0.5) is 15.8 Å². The number of rotatable bonds is 9. The Balaban J connectivity index is 1.16. The van der Waals surface area contributed by atoms with Crippen molar-refractivity contribution in [1.29, 1.82) is 0 Å². The standard InChI is InChI=1S/C34H31FN4O6S/c1-43-28-15-12-22(18-29(28)44-2)32(41)38-16-4-9-27(38)31(40)36-24-13-10-21(11-14-24)30-33(42)39(20-26-8-5-17-45-26)34(46-30)37-25-7-3-6-23(35)19-25/h3,5-8,10-15,17-19,27,30H,4,9,16,20H2,1-2H3,(H,36,40)/t27-,30?/m0/s1. The normalized spacial score (nSPS) is 18.7. The number of carbonyl (C=O) groups excluding carboxylic acids is 3. The SMILES string of the molecule is COc1ccc(C(=O)N2CCC[C@H]2C(=O)Nc2ccc(C3SC(=Nc4cccc(F)c4)N(Cc4ccco4)C3=O)cc2)cc1OC. The van der Waals surface area contributed by atoms with Gasteiger partial charge in [0, 0.05) is 17.8 Å². The molecule has 12 heteroatoms. The van der Waals surface area contributed by atoms with E-state index in [9.17, 15) is 18.8 Å². The van der Waals surface area contributed by atoms with Crippen molar-refractivity contribution in [2.45, 2.75) is 30.7 Å². The molecule has 2 saturated heterocycles. The van der Waals surface area contributed by atoms with E-state index < -0.39 is 17.1 Å². The van der Waals surface area contributed by atoms with Crippen LogP contribution in [0.25, 0.3) is 0 Å². The van der Waals surface area contributed by atoms with Crippen molar-refractivity contribution >= 4 is 46.0 Å². The number of halogens is 1. The number of hydrogen-bond donors (Lipinski definition) is 1. The minimum atomic E-state index is -0.635. The van der Waals surface area contributed by atoms with Crippen LogP contribution < -0.4 is 14.8 Å². The van der Waals surface area contributed by atoms with Gasteiger partial charge in [-0.15, -0.1) is 0 Å². The van der Waals surface area contributed by atoms with Gasteiger partial charge >= 0.3 is 0 Å². The summed E-state index contributed by atoms with van der Waals surface area (Å²) in [5.74, 6) is 0.364. The molecular formula is C34H31FN4O6S. The van der Waals surface area contributed by atoms with E-state index in [-0.39, 0.29) is 24.3 Å². The van der Waals surface area contributed by atoms with Crippen molar-refractivity contribution in [3.8, 4) is 11.5 Å². The number of aliphatic imine (C=N–C) groups is 1. The highest BCUT2D eigenvalue weighted by Crippen LogP contribution is 2.41.